The van der Waals surface area contributed by atoms with Gasteiger partial charge in [-0.15, -0.1) is 0 Å². The van der Waals surface area contributed by atoms with Crippen molar-refractivity contribution in [2.24, 2.45) is 7.05 Å². The molecule has 1 saturated carbocycles. The molecule has 0 spiro atoms. The number of nitrogens with one attached hydrogen (secondary N) is 1. The SMILES string of the molecule is Cn1ccc(NC(=O)C(Oc2ccc(Cl)cc2F)c2ccc(S(=O)(=O)C3CC3)cc2)n1. The minimum atomic E-state index is -3.37. The number of hydrogen-bond donors (Lipinski definition) is 1. The number of sulfone groups is 1. The fourth-order valence-electron chi connectivity index (χ4n) is 3.05. The first-order valence-electron chi connectivity index (χ1n) is 9.50. The molecule has 4 rings (SSSR count). The maximum absolute atomic E-state index is 14.3. The molecule has 1 atom stereocenters. The van der Waals surface area contributed by atoms with Crippen LogP contribution in [-0.4, -0.2) is 29.4 Å². The van der Waals surface area contributed by atoms with Crippen molar-refractivity contribution in [3.63, 3.8) is 0 Å². The van der Waals surface area contributed by atoms with E-state index in [1.54, 1.807) is 19.3 Å². The van der Waals surface area contributed by atoms with Crippen LogP contribution in [0.5, 0.6) is 5.75 Å². The highest BCUT2D eigenvalue weighted by Crippen LogP contribution is 2.34. The lowest BCUT2D eigenvalue weighted by molar-refractivity contribution is -0.123. The van der Waals surface area contributed by atoms with E-state index in [0.29, 0.717) is 24.2 Å². The van der Waals surface area contributed by atoms with Crippen LogP contribution in [0.25, 0.3) is 0 Å². The monoisotopic (exact) mass is 463 g/mol. The fourth-order valence-corrected chi connectivity index (χ4v) is 4.86. The van der Waals surface area contributed by atoms with Gasteiger partial charge in [0.05, 0.1) is 10.1 Å². The molecular weight excluding hydrogens is 445 g/mol. The highest BCUT2D eigenvalue weighted by atomic mass is 35.5. The third-order valence-corrected chi connectivity index (χ3v) is 7.33. The van der Waals surface area contributed by atoms with Gasteiger partial charge in [-0.2, -0.15) is 5.10 Å². The van der Waals surface area contributed by atoms with Crippen molar-refractivity contribution < 1.29 is 22.3 Å². The largest absolute Gasteiger partial charge is 0.473 e. The van der Waals surface area contributed by atoms with Gasteiger partial charge in [-0.1, -0.05) is 23.7 Å². The first kappa shape index (κ1) is 21.3. The van der Waals surface area contributed by atoms with Gasteiger partial charge in [0.2, 0.25) is 6.10 Å². The Labute approximate surface area is 183 Å². The van der Waals surface area contributed by atoms with E-state index in [2.05, 4.69) is 10.4 Å². The van der Waals surface area contributed by atoms with Gasteiger partial charge >= 0.3 is 0 Å². The second kappa shape index (κ2) is 8.32. The predicted octanol–water partition coefficient (Wildman–Crippen LogP) is 3.91. The summed E-state index contributed by atoms with van der Waals surface area (Å²) < 4.78 is 46.4. The molecule has 1 fully saturated rings. The quantitative estimate of drug-likeness (QED) is 0.573. The van der Waals surface area contributed by atoms with E-state index in [1.165, 1.54) is 41.1 Å². The third-order valence-electron chi connectivity index (χ3n) is 4.82. The van der Waals surface area contributed by atoms with Crippen LogP contribution in [0, 0.1) is 5.82 Å². The maximum Gasteiger partial charge on any atom is 0.271 e. The lowest BCUT2D eigenvalue weighted by atomic mass is 10.1. The minimum absolute atomic E-state index is 0.166. The Balaban J connectivity index is 1.64. The summed E-state index contributed by atoms with van der Waals surface area (Å²) in [6, 6.07) is 11.3. The van der Waals surface area contributed by atoms with E-state index in [1.807, 2.05) is 0 Å². The van der Waals surface area contributed by atoms with Crippen LogP contribution in [0.1, 0.15) is 24.5 Å². The highest BCUT2D eigenvalue weighted by molar-refractivity contribution is 7.92. The lowest BCUT2D eigenvalue weighted by Crippen LogP contribution is -2.26. The molecule has 3 aromatic rings. The van der Waals surface area contributed by atoms with Crippen molar-refractivity contribution in [3.8, 4) is 5.75 Å². The molecule has 1 heterocycles. The Morgan fingerprint density at radius 3 is 2.52 bits per heavy atom. The molecule has 1 unspecified atom stereocenters. The number of hydrogen-bond acceptors (Lipinski definition) is 5. The van der Waals surface area contributed by atoms with Crippen molar-refractivity contribution in [2.75, 3.05) is 5.32 Å². The van der Waals surface area contributed by atoms with Crippen LogP contribution in [0.4, 0.5) is 10.2 Å². The van der Waals surface area contributed by atoms with Gasteiger partial charge in [-0.05, 0) is 43.2 Å². The van der Waals surface area contributed by atoms with Crippen molar-refractivity contribution in [2.45, 2.75) is 29.1 Å². The van der Waals surface area contributed by atoms with Crippen molar-refractivity contribution >= 4 is 33.2 Å². The van der Waals surface area contributed by atoms with Crippen molar-refractivity contribution in [3.05, 3.63) is 71.1 Å². The average molecular weight is 464 g/mol. The number of halogens is 2. The molecule has 7 nitrogen and oxygen atoms in total. The summed E-state index contributed by atoms with van der Waals surface area (Å²) in [6.07, 6.45) is 1.70. The molecule has 1 aliphatic rings. The number of amides is 1. The first-order valence-corrected chi connectivity index (χ1v) is 11.4. The van der Waals surface area contributed by atoms with Crippen molar-refractivity contribution in [1.82, 2.24) is 9.78 Å². The van der Waals surface area contributed by atoms with E-state index < -0.39 is 27.7 Å². The zero-order valence-corrected chi connectivity index (χ0v) is 18.0. The Morgan fingerprint density at radius 2 is 1.94 bits per heavy atom. The van der Waals surface area contributed by atoms with Gasteiger partial charge in [0.15, 0.2) is 27.2 Å². The summed E-state index contributed by atoms with van der Waals surface area (Å²) in [6.45, 7) is 0. The Kier molecular flexibility index (Phi) is 5.72. The summed E-state index contributed by atoms with van der Waals surface area (Å²) in [5.74, 6) is -1.19. The number of aromatic nitrogens is 2. The van der Waals surface area contributed by atoms with Crippen LogP contribution in [-0.2, 0) is 21.7 Å². The number of aryl methyl sites for hydroxylation is 1. The summed E-state index contributed by atoms with van der Waals surface area (Å²) in [5.41, 5.74) is 0.359. The molecule has 1 aromatic heterocycles. The molecule has 0 radical (unpaired) electrons. The van der Waals surface area contributed by atoms with E-state index >= 15 is 0 Å². The summed E-state index contributed by atoms with van der Waals surface area (Å²) in [4.78, 5) is 13.1. The smallest absolute Gasteiger partial charge is 0.271 e. The van der Waals surface area contributed by atoms with Crippen LogP contribution >= 0.6 is 11.6 Å². The van der Waals surface area contributed by atoms with Crippen LogP contribution < -0.4 is 10.1 Å². The van der Waals surface area contributed by atoms with E-state index in [0.717, 1.165) is 6.07 Å². The standard InChI is InChI=1S/C21H19ClFN3O4S/c1-26-11-10-19(25-26)24-21(27)20(30-18-9-4-14(22)12-17(18)23)13-2-5-15(6-3-13)31(28,29)16-7-8-16/h2-6,9-12,16,20H,7-8H2,1H3,(H,24,25,27). The van der Waals surface area contributed by atoms with Crippen LogP contribution in [0.15, 0.2) is 59.6 Å². The number of carbonyl (C=O) groups excluding carboxylic acids is 1. The van der Waals surface area contributed by atoms with Crippen LogP contribution in [0.2, 0.25) is 5.02 Å². The zero-order chi connectivity index (χ0) is 22.2. The van der Waals surface area contributed by atoms with E-state index in [-0.39, 0.29) is 20.9 Å². The normalized spacial score (nSPS) is 14.8. The third kappa shape index (κ3) is 4.72. The number of benzene rings is 2. The molecule has 0 saturated heterocycles. The average Bonchev–Trinajstić information content (AvgIpc) is 3.51. The van der Waals surface area contributed by atoms with Gasteiger partial charge in [0.25, 0.3) is 5.91 Å². The summed E-state index contributed by atoms with van der Waals surface area (Å²) in [7, 11) is -1.67. The Hall–Kier alpha value is -2.91. The minimum Gasteiger partial charge on any atom is -0.473 e. The summed E-state index contributed by atoms with van der Waals surface area (Å²) in [5, 5.41) is 6.56. The molecule has 31 heavy (non-hydrogen) atoms. The first-order chi connectivity index (χ1) is 14.7. The number of rotatable bonds is 7. The maximum atomic E-state index is 14.3. The van der Waals surface area contributed by atoms with Gasteiger partial charge < -0.3 is 10.1 Å². The van der Waals surface area contributed by atoms with Gasteiger partial charge in [0, 0.05) is 29.9 Å². The Bertz CT molecular complexity index is 1220. The fraction of sp³-hybridized carbons (Fsp3) is 0.238. The molecule has 0 bridgehead atoms. The molecule has 1 aliphatic carbocycles. The van der Waals surface area contributed by atoms with Crippen molar-refractivity contribution in [1.29, 1.82) is 0 Å². The molecule has 10 heteroatoms. The second-order valence-corrected chi connectivity index (χ2v) is 9.91. The van der Waals surface area contributed by atoms with Crippen LogP contribution in [0.3, 0.4) is 0 Å². The number of nitrogens with zero attached hydrogens (tertiary/aromatic N) is 2. The van der Waals surface area contributed by atoms with Gasteiger partial charge in [-0.25, -0.2) is 12.8 Å². The highest BCUT2D eigenvalue weighted by Gasteiger charge is 2.37. The number of anilines is 1. The number of carbonyl (C=O) groups is 1. The predicted molar refractivity (Wildman–Crippen MR) is 113 cm³/mol. The lowest BCUT2D eigenvalue weighted by Gasteiger charge is -2.19. The Morgan fingerprint density at radius 1 is 1.23 bits per heavy atom. The molecule has 1 amide bonds. The zero-order valence-electron chi connectivity index (χ0n) is 16.5. The number of ether oxygens (including phenoxy) is 1. The topological polar surface area (TPSA) is 90.3 Å². The molecule has 162 valence electrons. The molecule has 2 aromatic carbocycles. The summed E-state index contributed by atoms with van der Waals surface area (Å²) >= 11 is 5.79. The molecular formula is C21H19ClFN3O4S. The second-order valence-electron chi connectivity index (χ2n) is 7.25. The molecule has 1 N–H and O–H groups in total. The van der Waals surface area contributed by atoms with E-state index in [9.17, 15) is 17.6 Å². The van der Waals surface area contributed by atoms with E-state index in [4.69, 9.17) is 16.3 Å². The van der Waals surface area contributed by atoms with Gasteiger partial charge in [0.1, 0.15) is 0 Å². The molecule has 0 aliphatic heterocycles. The van der Waals surface area contributed by atoms with Gasteiger partial charge in [-0.3, -0.25) is 9.48 Å².